The fourth-order valence-electron chi connectivity index (χ4n) is 4.21. The van der Waals surface area contributed by atoms with Crippen molar-refractivity contribution in [3.05, 3.63) is 88.7 Å². The number of carbonyl (C=O) groups is 2. The second-order valence-corrected chi connectivity index (χ2v) is 8.14. The van der Waals surface area contributed by atoms with Gasteiger partial charge in [0.1, 0.15) is 5.75 Å². The third-order valence-corrected chi connectivity index (χ3v) is 5.96. The van der Waals surface area contributed by atoms with Gasteiger partial charge in [-0.15, -0.1) is 0 Å². The van der Waals surface area contributed by atoms with E-state index in [-0.39, 0.29) is 5.91 Å². The Morgan fingerprint density at radius 2 is 1.79 bits per heavy atom. The predicted molar refractivity (Wildman–Crippen MR) is 126 cm³/mol. The molecule has 33 heavy (non-hydrogen) atoms. The number of aliphatic carboxylic acids is 1. The molecule has 1 N–H and O–H groups in total. The standard InChI is InChI=1S/C27H28N2O4/c1-3-20-16-24-22(23(4-2)28-20)14-15-25(30)29(24)17-18-10-12-21(13-11-18)33-26(27(31)32)19-8-6-5-7-9-19/h5-13,16,26H,3-4,14-15,17H2,1-2H3,(H,31,32). The van der Waals surface area contributed by atoms with Crippen molar-refractivity contribution in [1.82, 2.24) is 4.98 Å². The van der Waals surface area contributed by atoms with Gasteiger partial charge in [0.25, 0.3) is 0 Å². The molecule has 2 heterocycles. The molecule has 6 nitrogen and oxygen atoms in total. The van der Waals surface area contributed by atoms with Crippen molar-refractivity contribution in [2.45, 2.75) is 52.2 Å². The Morgan fingerprint density at radius 3 is 2.42 bits per heavy atom. The second-order valence-electron chi connectivity index (χ2n) is 8.14. The van der Waals surface area contributed by atoms with E-state index in [1.807, 2.05) is 29.2 Å². The fraction of sp³-hybridized carbons (Fsp3) is 0.296. The minimum atomic E-state index is -1.08. The van der Waals surface area contributed by atoms with Crippen LogP contribution in [0.3, 0.4) is 0 Å². The van der Waals surface area contributed by atoms with Gasteiger partial charge in [0.15, 0.2) is 0 Å². The summed E-state index contributed by atoms with van der Waals surface area (Å²) in [4.78, 5) is 31.1. The number of carboxylic acids is 1. The first kappa shape index (κ1) is 22.5. The molecule has 3 aromatic rings. The molecule has 1 aromatic heterocycles. The highest BCUT2D eigenvalue weighted by atomic mass is 16.5. The number of carbonyl (C=O) groups excluding carboxylic acids is 1. The molecule has 1 amide bonds. The molecule has 170 valence electrons. The maximum absolute atomic E-state index is 12.8. The molecule has 0 fully saturated rings. The van der Waals surface area contributed by atoms with Gasteiger partial charge < -0.3 is 14.7 Å². The number of fused-ring (bicyclic) bond motifs is 1. The number of anilines is 1. The number of carboxylic acid groups (broad SMARTS) is 1. The number of aryl methyl sites for hydroxylation is 2. The number of aromatic nitrogens is 1. The number of nitrogens with zero attached hydrogens (tertiary/aromatic N) is 2. The molecular formula is C27H28N2O4. The van der Waals surface area contributed by atoms with Gasteiger partial charge in [-0.3, -0.25) is 9.78 Å². The quantitative estimate of drug-likeness (QED) is 0.535. The van der Waals surface area contributed by atoms with E-state index in [4.69, 9.17) is 9.72 Å². The summed E-state index contributed by atoms with van der Waals surface area (Å²) in [6.45, 7) is 4.62. The predicted octanol–water partition coefficient (Wildman–Crippen LogP) is 4.89. The van der Waals surface area contributed by atoms with Crippen LogP contribution in [0.25, 0.3) is 0 Å². The van der Waals surface area contributed by atoms with Crippen LogP contribution < -0.4 is 9.64 Å². The van der Waals surface area contributed by atoms with Crippen LogP contribution in [0.1, 0.15) is 54.5 Å². The Morgan fingerprint density at radius 1 is 1.06 bits per heavy atom. The van der Waals surface area contributed by atoms with Gasteiger partial charge in [-0.25, -0.2) is 4.79 Å². The highest BCUT2D eigenvalue weighted by molar-refractivity contribution is 5.96. The van der Waals surface area contributed by atoms with Gasteiger partial charge in [0.05, 0.1) is 12.2 Å². The minimum absolute atomic E-state index is 0.105. The van der Waals surface area contributed by atoms with E-state index >= 15 is 0 Å². The number of pyridine rings is 1. The van der Waals surface area contributed by atoms with Gasteiger partial charge in [0, 0.05) is 23.4 Å². The number of ether oxygens (including phenoxy) is 1. The first-order valence-electron chi connectivity index (χ1n) is 11.4. The molecule has 1 unspecified atom stereocenters. The molecular weight excluding hydrogens is 416 g/mol. The van der Waals surface area contributed by atoms with Crippen molar-refractivity contribution in [2.24, 2.45) is 0 Å². The Bertz CT molecular complexity index is 1140. The third-order valence-electron chi connectivity index (χ3n) is 5.96. The van der Waals surface area contributed by atoms with Crippen LogP contribution in [0, 0.1) is 0 Å². The summed E-state index contributed by atoms with van der Waals surface area (Å²) in [7, 11) is 0. The molecule has 2 aromatic carbocycles. The Kier molecular flexibility index (Phi) is 6.73. The number of rotatable bonds is 8. The zero-order valence-corrected chi connectivity index (χ0v) is 19.0. The number of benzene rings is 2. The minimum Gasteiger partial charge on any atom is -0.478 e. The van der Waals surface area contributed by atoms with Crippen molar-refractivity contribution >= 4 is 17.6 Å². The van der Waals surface area contributed by atoms with Crippen molar-refractivity contribution < 1.29 is 19.4 Å². The molecule has 0 saturated heterocycles. The zero-order valence-electron chi connectivity index (χ0n) is 19.0. The van der Waals surface area contributed by atoms with Crippen LogP contribution >= 0.6 is 0 Å². The summed E-state index contributed by atoms with van der Waals surface area (Å²) >= 11 is 0. The molecule has 1 atom stereocenters. The van der Waals surface area contributed by atoms with Gasteiger partial charge >= 0.3 is 5.97 Å². The van der Waals surface area contributed by atoms with Crippen molar-refractivity contribution in [2.75, 3.05) is 4.90 Å². The van der Waals surface area contributed by atoms with Gasteiger partial charge in [-0.1, -0.05) is 56.3 Å². The zero-order chi connectivity index (χ0) is 23.4. The molecule has 1 aliphatic rings. The van der Waals surface area contributed by atoms with Gasteiger partial charge in [0.2, 0.25) is 12.0 Å². The number of hydrogen-bond donors (Lipinski definition) is 1. The van der Waals surface area contributed by atoms with E-state index in [1.165, 1.54) is 5.56 Å². The molecule has 0 radical (unpaired) electrons. The molecule has 0 saturated carbocycles. The average Bonchev–Trinajstić information content (AvgIpc) is 2.84. The van der Waals surface area contributed by atoms with Crippen LogP contribution in [0.15, 0.2) is 60.7 Å². The lowest BCUT2D eigenvalue weighted by Gasteiger charge is -2.31. The summed E-state index contributed by atoms with van der Waals surface area (Å²) in [5.74, 6) is -0.480. The van der Waals surface area contributed by atoms with Crippen LogP contribution in [0.2, 0.25) is 0 Å². The molecule has 6 heteroatoms. The topological polar surface area (TPSA) is 79.7 Å². The lowest BCUT2D eigenvalue weighted by Crippen LogP contribution is -2.35. The van der Waals surface area contributed by atoms with Crippen molar-refractivity contribution in [3.63, 3.8) is 0 Å². The first-order chi connectivity index (χ1) is 16.0. The lowest BCUT2D eigenvalue weighted by atomic mass is 9.96. The molecule has 0 bridgehead atoms. The maximum atomic E-state index is 12.8. The monoisotopic (exact) mass is 444 g/mol. The lowest BCUT2D eigenvalue weighted by molar-refractivity contribution is -0.145. The van der Waals surface area contributed by atoms with E-state index in [0.717, 1.165) is 41.9 Å². The summed E-state index contributed by atoms with van der Waals surface area (Å²) < 4.78 is 5.76. The Labute approximate surface area is 193 Å². The van der Waals surface area contributed by atoms with Crippen LogP contribution in [-0.4, -0.2) is 22.0 Å². The second kappa shape index (κ2) is 9.86. The number of amides is 1. The largest absolute Gasteiger partial charge is 0.478 e. The van der Waals surface area contributed by atoms with Crippen molar-refractivity contribution in [1.29, 1.82) is 0 Å². The molecule has 0 aliphatic carbocycles. The number of hydrogen-bond acceptors (Lipinski definition) is 4. The Hall–Kier alpha value is -3.67. The maximum Gasteiger partial charge on any atom is 0.349 e. The fourth-order valence-corrected chi connectivity index (χ4v) is 4.21. The van der Waals surface area contributed by atoms with E-state index in [1.54, 1.807) is 36.4 Å². The highest BCUT2D eigenvalue weighted by Crippen LogP contribution is 2.33. The van der Waals surface area contributed by atoms with Crippen LogP contribution in [-0.2, 0) is 35.4 Å². The first-order valence-corrected chi connectivity index (χ1v) is 11.4. The molecule has 0 spiro atoms. The average molecular weight is 445 g/mol. The van der Waals surface area contributed by atoms with Gasteiger partial charge in [-0.2, -0.15) is 0 Å². The summed E-state index contributed by atoms with van der Waals surface area (Å²) in [6.07, 6.45) is 1.79. The van der Waals surface area contributed by atoms with Crippen LogP contribution in [0.4, 0.5) is 5.69 Å². The Balaban J connectivity index is 1.55. The van der Waals surface area contributed by atoms with E-state index in [0.29, 0.717) is 24.3 Å². The van der Waals surface area contributed by atoms with Gasteiger partial charge in [-0.05, 0) is 48.6 Å². The molecule has 4 rings (SSSR count). The smallest absolute Gasteiger partial charge is 0.349 e. The summed E-state index contributed by atoms with van der Waals surface area (Å²) in [5, 5.41) is 9.59. The highest BCUT2D eigenvalue weighted by Gasteiger charge is 2.27. The third kappa shape index (κ3) is 4.90. The normalized spacial score (nSPS) is 14.0. The van der Waals surface area contributed by atoms with E-state index < -0.39 is 12.1 Å². The van der Waals surface area contributed by atoms with Crippen molar-refractivity contribution in [3.8, 4) is 5.75 Å². The SMILES string of the molecule is CCc1cc2c(c(CC)n1)CCC(=O)N2Cc1ccc(OC(C(=O)O)c2ccccc2)cc1. The molecule has 1 aliphatic heterocycles. The summed E-state index contributed by atoms with van der Waals surface area (Å²) in [6, 6.07) is 18.2. The van der Waals surface area contributed by atoms with E-state index in [9.17, 15) is 14.7 Å². The summed E-state index contributed by atoms with van der Waals surface area (Å²) in [5.41, 5.74) is 5.73. The van der Waals surface area contributed by atoms with Crippen LogP contribution in [0.5, 0.6) is 5.75 Å². The van der Waals surface area contributed by atoms with E-state index in [2.05, 4.69) is 13.8 Å².